The van der Waals surface area contributed by atoms with Crippen molar-refractivity contribution in [1.82, 2.24) is 24.5 Å². The van der Waals surface area contributed by atoms with Crippen molar-refractivity contribution < 1.29 is 19.1 Å². The van der Waals surface area contributed by atoms with Crippen LogP contribution in [0.25, 0.3) is 11.1 Å². The fourth-order valence-electron chi connectivity index (χ4n) is 7.27. The zero-order valence-electron chi connectivity index (χ0n) is 28.4. The third-order valence-electron chi connectivity index (χ3n) is 9.97. The number of para-hydroxylation sites is 1. The van der Waals surface area contributed by atoms with Crippen LogP contribution in [0.2, 0.25) is 0 Å². The van der Waals surface area contributed by atoms with Crippen molar-refractivity contribution in [3.05, 3.63) is 54.6 Å². The normalized spacial score (nSPS) is 19.6. The summed E-state index contributed by atoms with van der Waals surface area (Å²) in [6.45, 7) is 14.3. The molecule has 5 rings (SSSR count). The van der Waals surface area contributed by atoms with Gasteiger partial charge in [-0.2, -0.15) is 0 Å². The highest BCUT2D eigenvalue weighted by atomic mass is 16.6. The fourth-order valence-corrected chi connectivity index (χ4v) is 7.27. The third-order valence-corrected chi connectivity index (χ3v) is 9.97. The SMILES string of the molecule is CCN(CC)C(=O)C1CCCN(CCCN2CCN(CCCN3CCC(OC(=O)Nc4ccccc4-c4ccccc4)CC3)C2=O)C1. The van der Waals surface area contributed by atoms with Crippen molar-refractivity contribution in [3.8, 4) is 11.1 Å². The van der Waals surface area contributed by atoms with Crippen LogP contribution >= 0.6 is 0 Å². The summed E-state index contributed by atoms with van der Waals surface area (Å²) < 4.78 is 5.80. The number of rotatable bonds is 14. The van der Waals surface area contributed by atoms with Gasteiger partial charge in [-0.15, -0.1) is 0 Å². The first-order valence-corrected chi connectivity index (χ1v) is 17.8. The Kier molecular flexibility index (Phi) is 12.9. The minimum absolute atomic E-state index is 0.0949. The molecule has 0 saturated carbocycles. The van der Waals surface area contributed by atoms with Gasteiger partial charge in [0, 0.05) is 64.5 Å². The predicted molar refractivity (Wildman–Crippen MR) is 186 cm³/mol. The molecule has 2 aromatic rings. The van der Waals surface area contributed by atoms with Gasteiger partial charge in [0.1, 0.15) is 6.10 Å². The molecular weight excluding hydrogens is 592 g/mol. The van der Waals surface area contributed by atoms with Gasteiger partial charge >= 0.3 is 12.1 Å². The number of carbonyl (C=O) groups is 3. The van der Waals surface area contributed by atoms with Crippen LogP contribution in [0.15, 0.2) is 54.6 Å². The number of nitrogens with zero attached hydrogens (tertiary/aromatic N) is 5. The number of hydrogen-bond donors (Lipinski definition) is 1. The fraction of sp³-hybridized carbons (Fsp3) is 0.595. The number of likely N-dealkylation sites (tertiary alicyclic amines) is 2. The number of benzene rings is 2. The third kappa shape index (κ3) is 9.70. The Balaban J connectivity index is 0.948. The summed E-state index contributed by atoms with van der Waals surface area (Å²) in [5, 5.41) is 2.95. The molecule has 47 heavy (non-hydrogen) atoms. The molecule has 1 atom stereocenters. The predicted octanol–water partition coefficient (Wildman–Crippen LogP) is 5.46. The first-order chi connectivity index (χ1) is 22.9. The summed E-state index contributed by atoms with van der Waals surface area (Å²) in [6.07, 6.45) is 5.06. The van der Waals surface area contributed by atoms with Crippen LogP contribution in [0.1, 0.15) is 52.4 Å². The molecule has 0 spiro atoms. The first-order valence-electron chi connectivity index (χ1n) is 17.8. The highest BCUT2D eigenvalue weighted by Gasteiger charge is 2.30. The molecule has 10 heteroatoms. The lowest BCUT2D eigenvalue weighted by Gasteiger charge is -2.34. The van der Waals surface area contributed by atoms with Gasteiger partial charge in [-0.05, 0) is 83.6 Å². The maximum Gasteiger partial charge on any atom is 0.411 e. The van der Waals surface area contributed by atoms with Crippen LogP contribution in [0.3, 0.4) is 0 Å². The first kappa shape index (κ1) is 34.7. The van der Waals surface area contributed by atoms with Crippen LogP contribution in [0, 0.1) is 5.92 Å². The number of nitrogens with one attached hydrogen (secondary N) is 1. The average Bonchev–Trinajstić information content (AvgIpc) is 3.45. The maximum absolute atomic E-state index is 13.1. The summed E-state index contributed by atoms with van der Waals surface area (Å²) in [5.74, 6) is 0.408. The number of amides is 4. The maximum atomic E-state index is 13.1. The zero-order chi connectivity index (χ0) is 33.0. The molecule has 1 unspecified atom stereocenters. The Morgan fingerprint density at radius 3 is 2.11 bits per heavy atom. The quantitative estimate of drug-likeness (QED) is 0.293. The van der Waals surface area contributed by atoms with Gasteiger partial charge < -0.3 is 29.2 Å². The van der Waals surface area contributed by atoms with Crippen molar-refractivity contribution in [2.45, 2.75) is 58.5 Å². The Hall–Kier alpha value is -3.63. The molecule has 0 bridgehead atoms. The van der Waals surface area contributed by atoms with E-state index in [4.69, 9.17) is 4.74 Å². The van der Waals surface area contributed by atoms with E-state index in [2.05, 4.69) is 29.0 Å². The number of anilines is 1. The van der Waals surface area contributed by atoms with Crippen molar-refractivity contribution in [2.24, 2.45) is 5.92 Å². The van der Waals surface area contributed by atoms with E-state index in [-0.39, 0.29) is 18.1 Å². The molecule has 2 aromatic carbocycles. The van der Waals surface area contributed by atoms with E-state index in [1.54, 1.807) is 0 Å². The van der Waals surface area contributed by atoms with E-state index in [9.17, 15) is 14.4 Å². The second kappa shape index (κ2) is 17.5. The smallest absolute Gasteiger partial charge is 0.411 e. The van der Waals surface area contributed by atoms with Gasteiger partial charge in [-0.25, -0.2) is 9.59 Å². The monoisotopic (exact) mass is 646 g/mol. The van der Waals surface area contributed by atoms with Crippen molar-refractivity contribution in [2.75, 3.05) is 83.9 Å². The second-order valence-electron chi connectivity index (χ2n) is 13.1. The van der Waals surface area contributed by atoms with E-state index < -0.39 is 6.09 Å². The second-order valence-corrected chi connectivity index (χ2v) is 13.1. The molecule has 3 aliphatic rings. The molecule has 1 N–H and O–H groups in total. The van der Waals surface area contributed by atoms with E-state index in [1.165, 1.54) is 0 Å². The largest absolute Gasteiger partial charge is 0.446 e. The molecule has 0 aliphatic carbocycles. The van der Waals surface area contributed by atoms with Gasteiger partial charge in [-0.3, -0.25) is 10.1 Å². The molecule has 0 radical (unpaired) electrons. The topological polar surface area (TPSA) is 88.7 Å². The molecule has 256 valence electrons. The lowest BCUT2D eigenvalue weighted by Crippen LogP contribution is -2.45. The summed E-state index contributed by atoms with van der Waals surface area (Å²) in [5.41, 5.74) is 2.76. The van der Waals surface area contributed by atoms with Gasteiger partial charge in [0.15, 0.2) is 0 Å². The molecule has 4 amide bonds. The standard InChI is InChI=1S/C37H54N6O4/c1-3-41(4-2)35(44)31-15-10-20-40(29-31)22-12-24-43-28-27-42(37(43)46)23-11-21-39-25-18-32(19-26-39)47-36(45)38-34-17-9-8-16-33(34)30-13-6-5-7-14-30/h5-9,13-14,16-17,31-32H,3-4,10-12,15,18-29H2,1-2H3,(H,38,45). The minimum atomic E-state index is -0.408. The number of piperidine rings is 2. The van der Waals surface area contributed by atoms with E-state index in [0.29, 0.717) is 5.91 Å². The van der Waals surface area contributed by atoms with Crippen LogP contribution < -0.4 is 5.32 Å². The summed E-state index contributed by atoms with van der Waals surface area (Å²) in [6, 6.07) is 18.0. The van der Waals surface area contributed by atoms with Crippen molar-refractivity contribution in [3.63, 3.8) is 0 Å². The Bertz CT molecular complexity index is 1300. The number of carbonyl (C=O) groups excluding carboxylic acids is 3. The van der Waals surface area contributed by atoms with Crippen LogP contribution in [-0.4, -0.2) is 127 Å². The molecule has 0 aromatic heterocycles. The number of hydrogen-bond acceptors (Lipinski definition) is 6. The lowest BCUT2D eigenvalue weighted by molar-refractivity contribution is -0.137. The lowest BCUT2D eigenvalue weighted by atomic mass is 9.96. The van der Waals surface area contributed by atoms with E-state index >= 15 is 0 Å². The summed E-state index contributed by atoms with van der Waals surface area (Å²) in [4.78, 5) is 49.4. The molecule has 3 heterocycles. The molecule has 3 saturated heterocycles. The van der Waals surface area contributed by atoms with Crippen LogP contribution in [-0.2, 0) is 9.53 Å². The molecule has 3 fully saturated rings. The Labute approximate surface area is 281 Å². The highest BCUT2D eigenvalue weighted by Crippen LogP contribution is 2.28. The summed E-state index contributed by atoms with van der Waals surface area (Å²) >= 11 is 0. The van der Waals surface area contributed by atoms with Gasteiger partial charge in [0.2, 0.25) is 5.91 Å². The molecule has 10 nitrogen and oxygen atoms in total. The molecule has 3 aliphatic heterocycles. The van der Waals surface area contributed by atoms with Crippen molar-refractivity contribution >= 4 is 23.7 Å². The molecular formula is C37H54N6O4. The van der Waals surface area contributed by atoms with E-state index in [0.717, 1.165) is 134 Å². The zero-order valence-corrected chi connectivity index (χ0v) is 28.4. The van der Waals surface area contributed by atoms with Crippen LogP contribution in [0.4, 0.5) is 15.3 Å². The minimum Gasteiger partial charge on any atom is -0.446 e. The number of ether oxygens (including phenoxy) is 1. The Morgan fingerprint density at radius 2 is 1.43 bits per heavy atom. The Morgan fingerprint density at radius 1 is 0.787 bits per heavy atom. The summed E-state index contributed by atoms with van der Waals surface area (Å²) in [7, 11) is 0. The number of urea groups is 1. The van der Waals surface area contributed by atoms with Gasteiger partial charge in [0.25, 0.3) is 0 Å². The van der Waals surface area contributed by atoms with E-state index in [1.807, 2.05) is 69.3 Å². The van der Waals surface area contributed by atoms with Gasteiger partial charge in [0.05, 0.1) is 11.6 Å². The van der Waals surface area contributed by atoms with Crippen molar-refractivity contribution in [1.29, 1.82) is 0 Å². The van der Waals surface area contributed by atoms with Crippen LogP contribution in [0.5, 0.6) is 0 Å². The average molecular weight is 647 g/mol. The van der Waals surface area contributed by atoms with Gasteiger partial charge in [-0.1, -0.05) is 48.5 Å². The highest BCUT2D eigenvalue weighted by molar-refractivity contribution is 5.91.